The summed E-state index contributed by atoms with van der Waals surface area (Å²) in [6, 6.07) is 1.96. The highest BCUT2D eigenvalue weighted by Crippen LogP contribution is 2.39. The molecule has 0 fully saturated rings. The second-order valence-electron chi connectivity index (χ2n) is 4.29. The Morgan fingerprint density at radius 3 is 2.74 bits per heavy atom. The zero-order chi connectivity index (χ0) is 17.2. The summed E-state index contributed by atoms with van der Waals surface area (Å²) in [4.78, 5) is 15.2. The van der Waals surface area contributed by atoms with Crippen molar-refractivity contribution in [2.45, 2.75) is 13.1 Å². The van der Waals surface area contributed by atoms with Gasteiger partial charge in [-0.3, -0.25) is 0 Å². The number of ether oxygens (including phenoxy) is 2. The average Bonchev–Trinajstić information content (AvgIpc) is 2.81. The molecule has 0 aliphatic carbocycles. The summed E-state index contributed by atoms with van der Waals surface area (Å²) in [5, 5.41) is 3.17. The third-order valence-electron chi connectivity index (χ3n) is 2.69. The maximum Gasteiger partial charge on any atom is 0.418 e. The van der Waals surface area contributed by atoms with Crippen molar-refractivity contribution in [1.82, 2.24) is 14.8 Å². The number of hydrogen-bond acceptors (Lipinski definition) is 5. The van der Waals surface area contributed by atoms with Gasteiger partial charge < -0.3 is 9.47 Å². The Hall–Kier alpha value is -2.29. The molecule has 2 aromatic heterocycles. The highest BCUT2D eigenvalue weighted by atomic mass is 35.5. The quantitative estimate of drug-likeness (QED) is 0.791. The fourth-order valence-corrected chi connectivity index (χ4v) is 1.92. The zero-order valence-electron chi connectivity index (χ0n) is 12.0. The first-order valence-electron chi connectivity index (χ1n) is 6.34. The van der Waals surface area contributed by atoms with Crippen molar-refractivity contribution in [3.8, 4) is 11.8 Å². The van der Waals surface area contributed by atoms with Gasteiger partial charge in [-0.15, -0.1) is 0 Å². The molecule has 2 rings (SSSR count). The molecule has 0 aliphatic rings. The largest absolute Gasteiger partial charge is 0.461 e. The number of carbonyl (C=O) groups is 1. The van der Waals surface area contributed by atoms with E-state index in [-0.39, 0.29) is 18.2 Å². The number of aryl methyl sites for hydroxylation is 1. The predicted octanol–water partition coefficient (Wildman–Crippen LogP) is 3.46. The molecule has 0 atom stereocenters. The summed E-state index contributed by atoms with van der Waals surface area (Å²) in [6.07, 6.45) is -3.71. The minimum absolute atomic E-state index is 0.0122. The van der Waals surface area contributed by atoms with Gasteiger partial charge in [-0.1, -0.05) is 11.6 Å². The van der Waals surface area contributed by atoms with Crippen molar-refractivity contribution in [3.63, 3.8) is 0 Å². The Bertz CT molecular complexity index is 731. The van der Waals surface area contributed by atoms with Crippen molar-refractivity contribution < 1.29 is 27.4 Å². The Balaban J connectivity index is 2.32. The third-order valence-corrected chi connectivity index (χ3v) is 3.05. The van der Waals surface area contributed by atoms with E-state index in [0.29, 0.717) is 0 Å². The van der Waals surface area contributed by atoms with Gasteiger partial charge in [0, 0.05) is 19.3 Å². The predicted molar refractivity (Wildman–Crippen MR) is 73.5 cm³/mol. The van der Waals surface area contributed by atoms with Crippen molar-refractivity contribution in [3.05, 3.63) is 34.6 Å². The molecule has 0 unspecified atom stereocenters. The van der Waals surface area contributed by atoms with E-state index in [2.05, 4.69) is 10.1 Å². The molecule has 2 aromatic rings. The van der Waals surface area contributed by atoms with E-state index < -0.39 is 28.6 Å². The standard InChI is InChI=1S/C13H11ClF3N3O3/c1-3-22-12(21)8-6-9(20(2)19-8)23-11-10(14)7(4-5-18-11)13(15,16)17/h4-6H,3H2,1-2H3. The molecule has 0 radical (unpaired) electrons. The van der Waals surface area contributed by atoms with Gasteiger partial charge >= 0.3 is 12.1 Å². The summed E-state index contributed by atoms with van der Waals surface area (Å²) >= 11 is 5.69. The number of carbonyl (C=O) groups excluding carboxylic acids is 1. The van der Waals surface area contributed by atoms with Crippen LogP contribution >= 0.6 is 11.6 Å². The summed E-state index contributed by atoms with van der Waals surface area (Å²) in [7, 11) is 1.44. The van der Waals surface area contributed by atoms with Crippen molar-refractivity contribution in [1.29, 1.82) is 0 Å². The van der Waals surface area contributed by atoms with E-state index in [9.17, 15) is 18.0 Å². The van der Waals surface area contributed by atoms with Gasteiger partial charge in [-0.25, -0.2) is 14.5 Å². The molecule has 0 aliphatic heterocycles. The van der Waals surface area contributed by atoms with Crippen LogP contribution in [-0.2, 0) is 18.0 Å². The van der Waals surface area contributed by atoms with Gasteiger partial charge in [0.05, 0.1) is 12.2 Å². The molecule has 0 saturated heterocycles. The van der Waals surface area contributed by atoms with Crippen LogP contribution < -0.4 is 4.74 Å². The minimum atomic E-state index is -4.64. The average molecular weight is 350 g/mol. The molecule has 10 heteroatoms. The van der Waals surface area contributed by atoms with Crippen molar-refractivity contribution in [2.75, 3.05) is 6.61 Å². The molecule has 0 spiro atoms. The lowest BCUT2D eigenvalue weighted by molar-refractivity contribution is -0.137. The molecule has 6 nitrogen and oxygen atoms in total. The summed E-state index contributed by atoms with van der Waals surface area (Å²) < 4.78 is 49.5. The third kappa shape index (κ3) is 3.73. The number of hydrogen-bond donors (Lipinski definition) is 0. The van der Waals surface area contributed by atoms with Crippen LogP contribution in [-0.4, -0.2) is 27.3 Å². The Morgan fingerprint density at radius 1 is 1.43 bits per heavy atom. The fourth-order valence-electron chi connectivity index (χ4n) is 1.66. The second kappa shape index (κ2) is 6.45. The molecule has 0 saturated carbocycles. The minimum Gasteiger partial charge on any atom is -0.461 e. The second-order valence-corrected chi connectivity index (χ2v) is 4.67. The van der Waals surface area contributed by atoms with Crippen LogP contribution in [0.25, 0.3) is 0 Å². The molecular weight excluding hydrogens is 339 g/mol. The number of alkyl halides is 3. The molecule has 2 heterocycles. The van der Waals surface area contributed by atoms with Crippen LogP contribution in [0.3, 0.4) is 0 Å². The fraction of sp³-hybridized carbons (Fsp3) is 0.308. The maximum atomic E-state index is 12.8. The monoisotopic (exact) mass is 349 g/mol. The van der Waals surface area contributed by atoms with Gasteiger partial charge in [-0.2, -0.15) is 18.3 Å². The number of halogens is 4. The highest BCUT2D eigenvalue weighted by molar-refractivity contribution is 6.32. The van der Waals surface area contributed by atoms with Gasteiger partial charge in [-0.05, 0) is 13.0 Å². The van der Waals surface area contributed by atoms with E-state index in [1.54, 1.807) is 6.92 Å². The van der Waals surface area contributed by atoms with E-state index in [1.165, 1.54) is 13.1 Å². The first kappa shape index (κ1) is 17.1. The van der Waals surface area contributed by atoms with Crippen LogP contribution in [0.5, 0.6) is 11.8 Å². The first-order valence-corrected chi connectivity index (χ1v) is 6.72. The van der Waals surface area contributed by atoms with E-state index >= 15 is 0 Å². The van der Waals surface area contributed by atoms with Crippen LogP contribution in [0.15, 0.2) is 18.3 Å². The normalized spacial score (nSPS) is 11.4. The molecule has 0 amide bonds. The summed E-state index contributed by atoms with van der Waals surface area (Å²) in [5.74, 6) is -1.14. The SMILES string of the molecule is CCOC(=O)c1cc(Oc2nccc(C(F)(F)F)c2Cl)n(C)n1. The van der Waals surface area contributed by atoms with Crippen LogP contribution in [0.2, 0.25) is 5.02 Å². The summed E-state index contributed by atoms with van der Waals surface area (Å²) in [5.41, 5.74) is -1.12. The number of esters is 1. The Labute approximate surface area is 133 Å². The lowest BCUT2D eigenvalue weighted by Gasteiger charge is -2.11. The van der Waals surface area contributed by atoms with Crippen LogP contribution in [0.1, 0.15) is 23.0 Å². The van der Waals surface area contributed by atoms with Crippen molar-refractivity contribution in [2.24, 2.45) is 7.05 Å². The van der Waals surface area contributed by atoms with Gasteiger partial charge in [0.25, 0.3) is 0 Å². The molecular formula is C13H11ClF3N3O3. The van der Waals surface area contributed by atoms with E-state index in [0.717, 1.165) is 16.9 Å². The van der Waals surface area contributed by atoms with Gasteiger partial charge in [0.15, 0.2) is 5.69 Å². The van der Waals surface area contributed by atoms with E-state index in [4.69, 9.17) is 21.1 Å². The number of nitrogens with zero attached hydrogens (tertiary/aromatic N) is 3. The lowest BCUT2D eigenvalue weighted by atomic mass is 10.2. The molecule has 0 aromatic carbocycles. The van der Waals surface area contributed by atoms with Crippen molar-refractivity contribution >= 4 is 17.6 Å². The summed E-state index contributed by atoms with van der Waals surface area (Å²) in [6.45, 7) is 1.79. The van der Waals surface area contributed by atoms with Gasteiger partial charge in [0.1, 0.15) is 5.02 Å². The lowest BCUT2D eigenvalue weighted by Crippen LogP contribution is -2.07. The first-order chi connectivity index (χ1) is 10.7. The smallest absolute Gasteiger partial charge is 0.418 e. The van der Waals surface area contributed by atoms with E-state index in [1.807, 2.05) is 0 Å². The Kier molecular flexibility index (Phi) is 4.79. The maximum absolute atomic E-state index is 12.8. The zero-order valence-corrected chi connectivity index (χ0v) is 12.8. The van der Waals surface area contributed by atoms with Crippen LogP contribution in [0.4, 0.5) is 13.2 Å². The number of pyridine rings is 1. The number of rotatable bonds is 4. The Morgan fingerprint density at radius 2 is 2.13 bits per heavy atom. The topological polar surface area (TPSA) is 66.2 Å². The molecule has 0 bridgehead atoms. The van der Waals surface area contributed by atoms with Crippen LogP contribution in [0, 0.1) is 0 Å². The van der Waals surface area contributed by atoms with Gasteiger partial charge in [0.2, 0.25) is 11.8 Å². The highest BCUT2D eigenvalue weighted by Gasteiger charge is 2.35. The number of aromatic nitrogens is 3. The molecule has 23 heavy (non-hydrogen) atoms. The molecule has 124 valence electrons. The molecule has 0 N–H and O–H groups in total.